The molecule has 0 aliphatic carbocycles. The van der Waals surface area contributed by atoms with Gasteiger partial charge in [0.1, 0.15) is 11.4 Å². The first-order valence-electron chi connectivity index (χ1n) is 8.88. The number of rotatable bonds is 6. The Labute approximate surface area is 170 Å². The topological polar surface area (TPSA) is 86.4 Å². The SMILES string of the molecule is CCOc1ccc2c(c1)c(C)c(C(=O)Nc1cc([N+](=O)[O-])ccc1Br)n2CC. The lowest BCUT2D eigenvalue weighted by molar-refractivity contribution is -0.384. The molecule has 1 N–H and O–H groups in total. The van der Waals surface area contributed by atoms with Gasteiger partial charge in [0.25, 0.3) is 11.6 Å². The van der Waals surface area contributed by atoms with Crippen molar-refractivity contribution in [3.8, 4) is 5.75 Å². The van der Waals surface area contributed by atoms with Crippen LogP contribution < -0.4 is 10.1 Å². The van der Waals surface area contributed by atoms with E-state index in [0.29, 0.717) is 29.0 Å². The fourth-order valence-electron chi connectivity index (χ4n) is 3.28. The highest BCUT2D eigenvalue weighted by Crippen LogP contribution is 2.32. The molecule has 0 spiro atoms. The van der Waals surface area contributed by atoms with Crippen molar-refractivity contribution in [1.29, 1.82) is 0 Å². The number of nitrogens with zero attached hydrogens (tertiary/aromatic N) is 2. The number of non-ortho nitro benzene ring substituents is 1. The number of hydrogen-bond donors (Lipinski definition) is 1. The van der Waals surface area contributed by atoms with Crippen LogP contribution in [0.4, 0.5) is 11.4 Å². The highest BCUT2D eigenvalue weighted by atomic mass is 79.9. The van der Waals surface area contributed by atoms with Crippen molar-refractivity contribution in [2.75, 3.05) is 11.9 Å². The summed E-state index contributed by atoms with van der Waals surface area (Å²) in [6.07, 6.45) is 0. The number of amides is 1. The molecule has 0 aliphatic heterocycles. The van der Waals surface area contributed by atoms with Gasteiger partial charge in [0, 0.05) is 34.1 Å². The van der Waals surface area contributed by atoms with Crippen LogP contribution >= 0.6 is 15.9 Å². The Morgan fingerprint density at radius 1 is 1.25 bits per heavy atom. The summed E-state index contributed by atoms with van der Waals surface area (Å²) in [6, 6.07) is 10.0. The van der Waals surface area contributed by atoms with E-state index in [-0.39, 0.29) is 11.6 Å². The first kappa shape index (κ1) is 19.9. The number of nitrogens with one attached hydrogen (secondary N) is 1. The van der Waals surface area contributed by atoms with Crippen molar-refractivity contribution in [3.63, 3.8) is 0 Å². The van der Waals surface area contributed by atoms with Crippen molar-refractivity contribution in [2.45, 2.75) is 27.3 Å². The largest absolute Gasteiger partial charge is 0.494 e. The van der Waals surface area contributed by atoms with Crippen molar-refractivity contribution in [3.05, 3.63) is 62.2 Å². The second kappa shape index (κ2) is 8.02. The average molecular weight is 446 g/mol. The molecule has 28 heavy (non-hydrogen) atoms. The third-order valence-electron chi connectivity index (χ3n) is 4.54. The number of aromatic nitrogens is 1. The molecule has 146 valence electrons. The molecule has 0 fully saturated rings. The van der Waals surface area contributed by atoms with E-state index in [1.165, 1.54) is 12.1 Å². The smallest absolute Gasteiger partial charge is 0.272 e. The normalized spacial score (nSPS) is 10.9. The highest BCUT2D eigenvalue weighted by Gasteiger charge is 2.21. The first-order valence-corrected chi connectivity index (χ1v) is 9.67. The zero-order valence-corrected chi connectivity index (χ0v) is 17.4. The number of anilines is 1. The summed E-state index contributed by atoms with van der Waals surface area (Å²) in [7, 11) is 0. The van der Waals surface area contributed by atoms with Gasteiger partial charge < -0.3 is 14.6 Å². The Hall–Kier alpha value is -2.87. The van der Waals surface area contributed by atoms with Gasteiger partial charge >= 0.3 is 0 Å². The summed E-state index contributed by atoms with van der Waals surface area (Å²) in [5, 5.41) is 14.8. The lowest BCUT2D eigenvalue weighted by Gasteiger charge is -2.11. The number of ether oxygens (including phenoxy) is 1. The summed E-state index contributed by atoms with van der Waals surface area (Å²) in [4.78, 5) is 23.6. The molecule has 7 nitrogen and oxygen atoms in total. The Bertz CT molecular complexity index is 1070. The molecular weight excluding hydrogens is 426 g/mol. The summed E-state index contributed by atoms with van der Waals surface area (Å²) in [6.45, 7) is 6.95. The van der Waals surface area contributed by atoms with E-state index >= 15 is 0 Å². The molecule has 0 atom stereocenters. The molecule has 0 saturated heterocycles. The van der Waals surface area contributed by atoms with Crippen LogP contribution in [0.3, 0.4) is 0 Å². The second-order valence-corrected chi connectivity index (χ2v) is 7.06. The van der Waals surface area contributed by atoms with Gasteiger partial charge in [-0.2, -0.15) is 0 Å². The minimum atomic E-state index is -0.494. The summed E-state index contributed by atoms with van der Waals surface area (Å²) in [5.74, 6) is 0.425. The minimum absolute atomic E-state index is 0.0902. The highest BCUT2D eigenvalue weighted by molar-refractivity contribution is 9.10. The average Bonchev–Trinajstić information content (AvgIpc) is 2.95. The lowest BCUT2D eigenvalue weighted by Crippen LogP contribution is -2.18. The zero-order chi connectivity index (χ0) is 20.4. The third-order valence-corrected chi connectivity index (χ3v) is 5.23. The maximum atomic E-state index is 13.1. The van der Waals surface area contributed by atoms with Crippen LogP contribution in [0.5, 0.6) is 5.75 Å². The summed E-state index contributed by atoms with van der Waals surface area (Å²) < 4.78 is 8.08. The van der Waals surface area contributed by atoms with Gasteiger partial charge in [-0.15, -0.1) is 0 Å². The van der Waals surface area contributed by atoms with Crippen LogP contribution in [0.15, 0.2) is 40.9 Å². The van der Waals surface area contributed by atoms with Crippen LogP contribution in [0.25, 0.3) is 10.9 Å². The number of nitro benzene ring substituents is 1. The van der Waals surface area contributed by atoms with E-state index in [2.05, 4.69) is 21.2 Å². The minimum Gasteiger partial charge on any atom is -0.494 e. The van der Waals surface area contributed by atoms with Gasteiger partial charge in [0.05, 0.1) is 17.2 Å². The molecule has 1 amide bonds. The van der Waals surface area contributed by atoms with Gasteiger partial charge in [0.15, 0.2) is 0 Å². The number of fused-ring (bicyclic) bond motifs is 1. The van der Waals surface area contributed by atoms with E-state index in [9.17, 15) is 14.9 Å². The maximum Gasteiger partial charge on any atom is 0.272 e. The molecule has 0 radical (unpaired) electrons. The second-order valence-electron chi connectivity index (χ2n) is 6.21. The van der Waals surface area contributed by atoms with E-state index in [4.69, 9.17) is 4.74 Å². The fourth-order valence-corrected chi connectivity index (χ4v) is 3.63. The molecular formula is C20H20BrN3O4. The monoisotopic (exact) mass is 445 g/mol. The van der Waals surface area contributed by atoms with Crippen LogP contribution in [0, 0.1) is 17.0 Å². The van der Waals surface area contributed by atoms with Gasteiger partial charge in [-0.1, -0.05) is 0 Å². The van der Waals surface area contributed by atoms with E-state index in [0.717, 1.165) is 22.2 Å². The molecule has 8 heteroatoms. The van der Waals surface area contributed by atoms with Crippen molar-refractivity contribution in [2.24, 2.45) is 0 Å². The number of aryl methyl sites for hydroxylation is 2. The number of carbonyl (C=O) groups excluding carboxylic acids is 1. The Morgan fingerprint density at radius 3 is 2.64 bits per heavy atom. The molecule has 0 unspecified atom stereocenters. The Kier molecular flexibility index (Phi) is 5.69. The van der Waals surface area contributed by atoms with Crippen molar-refractivity contribution < 1.29 is 14.5 Å². The number of benzene rings is 2. The molecule has 1 aromatic heterocycles. The quantitative estimate of drug-likeness (QED) is 0.412. The van der Waals surface area contributed by atoms with Crippen LogP contribution in [0.2, 0.25) is 0 Å². The predicted molar refractivity (Wildman–Crippen MR) is 112 cm³/mol. The fraction of sp³-hybridized carbons (Fsp3) is 0.250. The summed E-state index contributed by atoms with van der Waals surface area (Å²) >= 11 is 3.34. The molecule has 0 bridgehead atoms. The molecule has 0 saturated carbocycles. The zero-order valence-electron chi connectivity index (χ0n) is 15.8. The number of carbonyl (C=O) groups is 1. The van der Waals surface area contributed by atoms with E-state index in [1.54, 1.807) is 6.07 Å². The van der Waals surface area contributed by atoms with Crippen molar-refractivity contribution in [1.82, 2.24) is 4.57 Å². The first-order chi connectivity index (χ1) is 13.4. The molecule has 1 heterocycles. The third kappa shape index (κ3) is 3.60. The van der Waals surface area contributed by atoms with Crippen LogP contribution in [-0.2, 0) is 6.54 Å². The number of hydrogen-bond acceptors (Lipinski definition) is 4. The maximum absolute atomic E-state index is 13.1. The molecule has 3 rings (SSSR count). The van der Waals surface area contributed by atoms with Gasteiger partial charge in [-0.3, -0.25) is 14.9 Å². The van der Waals surface area contributed by atoms with Crippen molar-refractivity contribution >= 4 is 44.1 Å². The standard InChI is InChI=1S/C20H20BrN3O4/c1-4-23-18-9-7-14(28-5-2)11-15(18)12(3)19(23)20(25)22-17-10-13(24(26)27)6-8-16(17)21/h6-11H,4-5H2,1-3H3,(H,22,25). The Morgan fingerprint density at radius 2 is 2.00 bits per heavy atom. The number of nitro groups is 1. The van der Waals surface area contributed by atoms with Gasteiger partial charge in [-0.05, 0) is 66.5 Å². The van der Waals surface area contributed by atoms with Gasteiger partial charge in [-0.25, -0.2) is 0 Å². The van der Waals surface area contributed by atoms with Crippen LogP contribution in [-0.4, -0.2) is 22.0 Å². The van der Waals surface area contributed by atoms with E-state index < -0.39 is 4.92 Å². The number of halogens is 1. The van der Waals surface area contributed by atoms with Crippen LogP contribution in [0.1, 0.15) is 29.9 Å². The molecule has 3 aromatic rings. The molecule has 2 aromatic carbocycles. The van der Waals surface area contributed by atoms with E-state index in [1.807, 2.05) is 43.5 Å². The molecule has 0 aliphatic rings. The van der Waals surface area contributed by atoms with Gasteiger partial charge in [0.2, 0.25) is 0 Å². The predicted octanol–water partition coefficient (Wildman–Crippen LogP) is 5.29. The lowest BCUT2D eigenvalue weighted by atomic mass is 10.1. The Balaban J connectivity index is 2.05. The summed E-state index contributed by atoms with van der Waals surface area (Å²) in [5.41, 5.74) is 2.54.